The molecule has 1 aliphatic heterocycles. The monoisotopic (exact) mass is 470 g/mol. The van der Waals surface area contributed by atoms with Gasteiger partial charge in [0, 0.05) is 29.5 Å². The average Bonchev–Trinajstić information content (AvgIpc) is 3.04. The number of aryl methyl sites for hydroxylation is 1. The predicted octanol–water partition coefficient (Wildman–Crippen LogP) is 4.34. The minimum absolute atomic E-state index is 0.0898. The Morgan fingerprint density at radius 1 is 1.03 bits per heavy atom. The van der Waals surface area contributed by atoms with Gasteiger partial charge in [-0.1, -0.05) is 6.07 Å². The van der Waals surface area contributed by atoms with Gasteiger partial charge in [0.2, 0.25) is 0 Å². The topological polar surface area (TPSA) is 67.2 Å². The molecule has 1 aromatic carbocycles. The molecule has 0 unspecified atom stereocenters. The highest BCUT2D eigenvalue weighted by Gasteiger charge is 2.36. The lowest BCUT2D eigenvalue weighted by Crippen LogP contribution is -2.54. The van der Waals surface area contributed by atoms with Crippen molar-refractivity contribution in [3.05, 3.63) is 82.9 Å². The van der Waals surface area contributed by atoms with E-state index in [4.69, 9.17) is 12.2 Å². The van der Waals surface area contributed by atoms with Gasteiger partial charge in [0.1, 0.15) is 5.57 Å². The zero-order valence-electron chi connectivity index (χ0n) is 17.5. The van der Waals surface area contributed by atoms with Crippen molar-refractivity contribution in [3.8, 4) is 5.69 Å². The predicted molar refractivity (Wildman–Crippen MR) is 121 cm³/mol. The molecule has 0 aliphatic carbocycles. The number of benzene rings is 1. The third-order valence-electron chi connectivity index (χ3n) is 5.22. The van der Waals surface area contributed by atoms with Crippen molar-refractivity contribution < 1.29 is 22.8 Å². The third-order valence-corrected chi connectivity index (χ3v) is 5.51. The van der Waals surface area contributed by atoms with Crippen LogP contribution in [-0.4, -0.2) is 26.5 Å². The third kappa shape index (κ3) is 4.17. The van der Waals surface area contributed by atoms with Gasteiger partial charge in [-0.05, 0) is 74.1 Å². The fourth-order valence-electron chi connectivity index (χ4n) is 3.69. The van der Waals surface area contributed by atoms with E-state index in [1.807, 2.05) is 36.6 Å². The largest absolute Gasteiger partial charge is 0.416 e. The summed E-state index contributed by atoms with van der Waals surface area (Å²) in [6.45, 7) is 3.71. The van der Waals surface area contributed by atoms with Crippen LogP contribution in [0.25, 0.3) is 11.8 Å². The van der Waals surface area contributed by atoms with E-state index in [1.165, 1.54) is 18.2 Å². The number of rotatable bonds is 3. The number of nitrogens with one attached hydrogen (secondary N) is 1. The van der Waals surface area contributed by atoms with Crippen LogP contribution in [0.15, 0.2) is 60.4 Å². The van der Waals surface area contributed by atoms with Crippen LogP contribution >= 0.6 is 12.2 Å². The smallest absolute Gasteiger partial charge is 0.318 e. The highest BCUT2D eigenvalue weighted by molar-refractivity contribution is 7.80. The van der Waals surface area contributed by atoms with Gasteiger partial charge in [-0.25, -0.2) is 0 Å². The van der Waals surface area contributed by atoms with E-state index in [9.17, 15) is 22.8 Å². The first-order chi connectivity index (χ1) is 15.6. The van der Waals surface area contributed by atoms with E-state index in [1.54, 1.807) is 12.4 Å². The summed E-state index contributed by atoms with van der Waals surface area (Å²) in [5.41, 5.74) is 1.84. The molecule has 1 N–H and O–H groups in total. The summed E-state index contributed by atoms with van der Waals surface area (Å²) >= 11 is 5.09. The van der Waals surface area contributed by atoms with Crippen molar-refractivity contribution in [2.24, 2.45) is 0 Å². The Balaban J connectivity index is 1.76. The minimum Gasteiger partial charge on any atom is -0.318 e. The molecule has 0 atom stereocenters. The summed E-state index contributed by atoms with van der Waals surface area (Å²) in [4.78, 5) is 30.7. The van der Waals surface area contributed by atoms with E-state index in [0.29, 0.717) is 5.56 Å². The fraction of sp³-hybridized carbons (Fsp3) is 0.130. The molecular formula is C23H17F3N4O2S. The van der Waals surface area contributed by atoms with Crippen molar-refractivity contribution >= 4 is 40.9 Å². The lowest BCUT2D eigenvalue weighted by Gasteiger charge is -2.29. The molecule has 3 aromatic rings. The van der Waals surface area contributed by atoms with Crippen molar-refractivity contribution in [3.63, 3.8) is 0 Å². The van der Waals surface area contributed by atoms with Gasteiger partial charge in [-0.2, -0.15) is 13.2 Å². The molecular weight excluding hydrogens is 453 g/mol. The second-order valence-corrected chi connectivity index (χ2v) is 7.76. The summed E-state index contributed by atoms with van der Waals surface area (Å²) < 4.78 is 41.4. The van der Waals surface area contributed by atoms with Crippen LogP contribution in [0, 0.1) is 13.8 Å². The molecule has 2 aromatic heterocycles. The summed E-state index contributed by atoms with van der Waals surface area (Å²) in [6.07, 6.45) is 0.125. The SMILES string of the molecule is Cc1cc(/C=C2\C(=O)NC(=S)N(c3cccc(C(F)(F)F)c3)C2=O)c(C)n1-c1ccncc1. The van der Waals surface area contributed by atoms with Crippen molar-refractivity contribution in [1.29, 1.82) is 0 Å². The molecule has 6 nitrogen and oxygen atoms in total. The Morgan fingerprint density at radius 2 is 1.73 bits per heavy atom. The van der Waals surface area contributed by atoms with Crippen molar-refractivity contribution in [2.75, 3.05) is 4.90 Å². The van der Waals surface area contributed by atoms with E-state index < -0.39 is 23.6 Å². The van der Waals surface area contributed by atoms with Crippen molar-refractivity contribution in [1.82, 2.24) is 14.9 Å². The first kappa shape index (κ1) is 22.4. The van der Waals surface area contributed by atoms with E-state index >= 15 is 0 Å². The van der Waals surface area contributed by atoms with Gasteiger partial charge < -0.3 is 4.57 Å². The highest BCUT2D eigenvalue weighted by atomic mass is 32.1. The second kappa shape index (κ2) is 8.28. The number of carbonyl (C=O) groups excluding carboxylic acids is 2. The maximum absolute atomic E-state index is 13.2. The molecule has 1 fully saturated rings. The van der Waals surface area contributed by atoms with Gasteiger partial charge in [0.05, 0.1) is 11.3 Å². The average molecular weight is 470 g/mol. The summed E-state index contributed by atoms with van der Waals surface area (Å²) in [5.74, 6) is -1.53. The molecule has 0 bridgehead atoms. The van der Waals surface area contributed by atoms with Crippen LogP contribution in [0.4, 0.5) is 18.9 Å². The summed E-state index contributed by atoms with van der Waals surface area (Å²) in [5, 5.41) is 2.10. The Bertz CT molecular complexity index is 1310. The van der Waals surface area contributed by atoms with Gasteiger partial charge in [0.15, 0.2) is 5.11 Å². The lowest BCUT2D eigenvalue weighted by molar-refractivity contribution is -0.137. The summed E-state index contributed by atoms with van der Waals surface area (Å²) in [7, 11) is 0. The number of aromatic nitrogens is 2. The highest BCUT2D eigenvalue weighted by Crippen LogP contribution is 2.33. The maximum atomic E-state index is 13.2. The van der Waals surface area contributed by atoms with Crippen molar-refractivity contribution in [2.45, 2.75) is 20.0 Å². The normalized spacial score (nSPS) is 15.8. The molecule has 33 heavy (non-hydrogen) atoms. The van der Waals surface area contributed by atoms with Gasteiger partial charge >= 0.3 is 6.18 Å². The second-order valence-electron chi connectivity index (χ2n) is 7.37. The van der Waals surface area contributed by atoms with Crippen LogP contribution in [0.3, 0.4) is 0 Å². The molecule has 1 aliphatic rings. The lowest BCUT2D eigenvalue weighted by atomic mass is 10.1. The first-order valence-electron chi connectivity index (χ1n) is 9.76. The molecule has 168 valence electrons. The first-order valence-corrected chi connectivity index (χ1v) is 10.2. The molecule has 3 heterocycles. The number of hydrogen-bond acceptors (Lipinski definition) is 4. The number of halogens is 3. The standard InChI is InChI=1S/C23H17F3N4O2S/c1-13-10-15(14(2)29(13)17-6-8-27-9-7-17)11-19-20(31)28-22(33)30(21(19)32)18-5-3-4-16(12-18)23(24,25)26/h3-12H,1-2H3,(H,28,31,33)/b19-11+. The number of alkyl halides is 3. The Hall–Kier alpha value is -3.79. The zero-order valence-corrected chi connectivity index (χ0v) is 18.3. The molecule has 0 saturated carbocycles. The van der Waals surface area contributed by atoms with Gasteiger partial charge in [-0.15, -0.1) is 0 Å². The Morgan fingerprint density at radius 3 is 2.39 bits per heavy atom. The minimum atomic E-state index is -4.59. The number of hydrogen-bond donors (Lipinski definition) is 1. The molecule has 10 heteroatoms. The van der Waals surface area contributed by atoms with Gasteiger partial charge in [0.25, 0.3) is 11.8 Å². The fourth-order valence-corrected chi connectivity index (χ4v) is 3.97. The van der Waals surface area contributed by atoms with Crippen LogP contribution in [0.1, 0.15) is 22.5 Å². The number of amides is 2. The number of thiocarbonyl (C=S) groups is 1. The zero-order chi connectivity index (χ0) is 23.9. The quantitative estimate of drug-likeness (QED) is 0.351. The number of anilines is 1. The number of pyridine rings is 1. The van der Waals surface area contributed by atoms with Crippen LogP contribution in [0.5, 0.6) is 0 Å². The Labute approximate surface area is 192 Å². The van der Waals surface area contributed by atoms with E-state index in [-0.39, 0.29) is 16.4 Å². The van der Waals surface area contributed by atoms with Gasteiger partial charge in [-0.3, -0.25) is 24.8 Å². The molecule has 4 rings (SSSR count). The Kier molecular flexibility index (Phi) is 5.62. The number of carbonyl (C=O) groups is 2. The summed E-state index contributed by atoms with van der Waals surface area (Å²) in [6, 6.07) is 9.66. The molecule has 2 amide bonds. The van der Waals surface area contributed by atoms with E-state index in [0.717, 1.165) is 34.1 Å². The van der Waals surface area contributed by atoms with Crippen LogP contribution in [0.2, 0.25) is 0 Å². The molecule has 1 saturated heterocycles. The maximum Gasteiger partial charge on any atom is 0.416 e. The van der Waals surface area contributed by atoms with E-state index in [2.05, 4.69) is 10.3 Å². The molecule has 0 spiro atoms. The molecule has 0 radical (unpaired) electrons. The van der Waals surface area contributed by atoms with Crippen LogP contribution < -0.4 is 10.2 Å². The van der Waals surface area contributed by atoms with Crippen LogP contribution in [-0.2, 0) is 15.8 Å². The number of nitrogens with zero attached hydrogens (tertiary/aromatic N) is 3.